The minimum atomic E-state index is -3.34. The average molecular weight is 263 g/mol. The summed E-state index contributed by atoms with van der Waals surface area (Å²) in [6.45, 7) is 1.39. The normalized spacial score (nSPS) is 28.4. The molecule has 0 aromatic carbocycles. The van der Waals surface area contributed by atoms with Crippen LogP contribution in [0, 0.1) is 5.92 Å². The van der Waals surface area contributed by atoms with Crippen LogP contribution in [-0.4, -0.2) is 55.4 Å². The zero-order chi connectivity index (χ0) is 12.5. The van der Waals surface area contributed by atoms with E-state index < -0.39 is 27.2 Å². The monoisotopic (exact) mass is 263 g/mol. The van der Waals surface area contributed by atoms with Crippen LogP contribution >= 0.6 is 0 Å². The average Bonchev–Trinajstić information content (AvgIpc) is 2.80. The summed E-state index contributed by atoms with van der Waals surface area (Å²) in [5.41, 5.74) is 0. The molecule has 1 atom stereocenters. The van der Waals surface area contributed by atoms with Crippen LogP contribution in [0.3, 0.4) is 0 Å². The molecular weight excluding hydrogens is 246 g/mol. The molecule has 17 heavy (non-hydrogen) atoms. The van der Waals surface area contributed by atoms with Crippen molar-refractivity contribution in [1.82, 2.24) is 4.31 Å². The Hall–Kier alpha value is -0.660. The second kappa shape index (κ2) is 4.91. The van der Waals surface area contributed by atoms with Crippen molar-refractivity contribution in [3.05, 3.63) is 0 Å². The van der Waals surface area contributed by atoms with E-state index in [1.807, 2.05) is 0 Å². The predicted molar refractivity (Wildman–Crippen MR) is 60.1 cm³/mol. The number of carboxylic acids is 1. The summed E-state index contributed by atoms with van der Waals surface area (Å²) in [6.07, 6.45) is 1.44. The van der Waals surface area contributed by atoms with Gasteiger partial charge in [-0.05, 0) is 19.3 Å². The van der Waals surface area contributed by atoms with Gasteiger partial charge in [-0.1, -0.05) is 0 Å². The van der Waals surface area contributed by atoms with E-state index >= 15 is 0 Å². The SMILES string of the molecule is O=C(O)C1CCN(S(=O)(=O)C2CCOCC2)C1. The minimum Gasteiger partial charge on any atom is -0.481 e. The van der Waals surface area contributed by atoms with Crippen LogP contribution in [0.5, 0.6) is 0 Å². The highest BCUT2D eigenvalue weighted by molar-refractivity contribution is 7.89. The molecule has 2 rings (SSSR count). The van der Waals surface area contributed by atoms with Gasteiger partial charge < -0.3 is 9.84 Å². The van der Waals surface area contributed by atoms with Crippen LogP contribution < -0.4 is 0 Å². The molecule has 7 heteroatoms. The summed E-state index contributed by atoms with van der Waals surface area (Å²) >= 11 is 0. The lowest BCUT2D eigenvalue weighted by atomic mass is 10.1. The molecule has 2 aliphatic rings. The molecule has 0 saturated carbocycles. The molecule has 6 nitrogen and oxygen atoms in total. The van der Waals surface area contributed by atoms with Gasteiger partial charge in [0.1, 0.15) is 0 Å². The molecule has 0 spiro atoms. The highest BCUT2D eigenvalue weighted by Crippen LogP contribution is 2.25. The number of hydrogen-bond donors (Lipinski definition) is 1. The molecule has 2 fully saturated rings. The van der Waals surface area contributed by atoms with Gasteiger partial charge in [-0.3, -0.25) is 4.79 Å². The third-order valence-corrected chi connectivity index (χ3v) is 5.81. The van der Waals surface area contributed by atoms with Crippen LogP contribution in [0.4, 0.5) is 0 Å². The number of carboxylic acid groups (broad SMARTS) is 1. The first kappa shape index (κ1) is 12.8. The van der Waals surface area contributed by atoms with Crippen molar-refractivity contribution in [1.29, 1.82) is 0 Å². The van der Waals surface area contributed by atoms with Crippen LogP contribution in [-0.2, 0) is 19.6 Å². The van der Waals surface area contributed by atoms with E-state index in [2.05, 4.69) is 0 Å². The molecule has 0 aromatic rings. The van der Waals surface area contributed by atoms with Crippen LogP contribution in [0.15, 0.2) is 0 Å². The van der Waals surface area contributed by atoms with Gasteiger partial charge in [-0.15, -0.1) is 0 Å². The van der Waals surface area contributed by atoms with Crippen molar-refractivity contribution in [2.24, 2.45) is 5.92 Å². The smallest absolute Gasteiger partial charge is 0.307 e. The number of carbonyl (C=O) groups is 1. The van der Waals surface area contributed by atoms with Crippen molar-refractivity contribution in [2.45, 2.75) is 24.5 Å². The standard InChI is InChI=1S/C10H17NO5S/c12-10(13)8-1-4-11(7-8)17(14,15)9-2-5-16-6-3-9/h8-9H,1-7H2,(H,12,13). The largest absolute Gasteiger partial charge is 0.481 e. The Labute approximate surface area is 101 Å². The van der Waals surface area contributed by atoms with Gasteiger partial charge >= 0.3 is 5.97 Å². The third kappa shape index (κ3) is 2.61. The number of aliphatic carboxylic acids is 1. The fraction of sp³-hybridized carbons (Fsp3) is 0.900. The lowest BCUT2D eigenvalue weighted by Crippen LogP contribution is -2.40. The Morgan fingerprint density at radius 2 is 1.88 bits per heavy atom. The van der Waals surface area contributed by atoms with Gasteiger partial charge in [0.15, 0.2) is 0 Å². The van der Waals surface area contributed by atoms with E-state index in [0.29, 0.717) is 39.0 Å². The van der Waals surface area contributed by atoms with Gasteiger partial charge in [0, 0.05) is 26.3 Å². The first-order valence-corrected chi connectivity index (χ1v) is 7.31. The molecule has 1 unspecified atom stereocenters. The maximum atomic E-state index is 12.2. The summed E-state index contributed by atoms with van der Waals surface area (Å²) in [7, 11) is -3.34. The van der Waals surface area contributed by atoms with Gasteiger partial charge in [0.05, 0.1) is 11.2 Å². The summed E-state index contributed by atoms with van der Waals surface area (Å²) in [5.74, 6) is -1.46. The van der Waals surface area contributed by atoms with Crippen LogP contribution in [0.2, 0.25) is 0 Å². The maximum Gasteiger partial charge on any atom is 0.307 e. The fourth-order valence-electron chi connectivity index (χ4n) is 2.35. The van der Waals surface area contributed by atoms with Crippen LogP contribution in [0.25, 0.3) is 0 Å². The number of ether oxygens (including phenoxy) is 1. The predicted octanol–water partition coefficient (Wildman–Crippen LogP) is -0.0983. The quantitative estimate of drug-likeness (QED) is 0.768. The Kier molecular flexibility index (Phi) is 3.70. The van der Waals surface area contributed by atoms with E-state index in [9.17, 15) is 13.2 Å². The molecule has 0 bridgehead atoms. The molecular formula is C10H17NO5S. The third-order valence-electron chi connectivity index (χ3n) is 3.45. The Balaban J connectivity index is 2.03. The fourth-order valence-corrected chi connectivity index (χ4v) is 4.30. The Morgan fingerprint density at radius 3 is 2.41 bits per heavy atom. The van der Waals surface area contributed by atoms with E-state index in [1.54, 1.807) is 0 Å². The molecule has 2 saturated heterocycles. The second-order valence-corrected chi connectivity index (χ2v) is 6.75. The topological polar surface area (TPSA) is 83.9 Å². The van der Waals surface area contributed by atoms with Gasteiger partial charge in [0.25, 0.3) is 0 Å². The summed E-state index contributed by atoms with van der Waals surface area (Å²) in [5, 5.41) is 8.47. The molecule has 1 N–H and O–H groups in total. The van der Waals surface area contributed by atoms with E-state index in [-0.39, 0.29) is 6.54 Å². The number of rotatable bonds is 3. The summed E-state index contributed by atoms with van der Waals surface area (Å²) in [4.78, 5) is 10.8. The molecule has 2 heterocycles. The first-order chi connectivity index (χ1) is 8.01. The zero-order valence-corrected chi connectivity index (χ0v) is 10.4. The summed E-state index contributed by atoms with van der Waals surface area (Å²) in [6, 6.07) is 0. The lowest BCUT2D eigenvalue weighted by molar-refractivity contribution is -0.141. The highest BCUT2D eigenvalue weighted by Gasteiger charge is 2.39. The maximum absolute atomic E-state index is 12.2. The molecule has 98 valence electrons. The van der Waals surface area contributed by atoms with Gasteiger partial charge in [-0.2, -0.15) is 0 Å². The van der Waals surface area contributed by atoms with Crippen molar-refractivity contribution in [3.8, 4) is 0 Å². The number of nitrogens with zero attached hydrogens (tertiary/aromatic N) is 1. The Bertz CT molecular complexity index is 388. The van der Waals surface area contributed by atoms with Crippen molar-refractivity contribution in [3.63, 3.8) is 0 Å². The first-order valence-electron chi connectivity index (χ1n) is 5.81. The van der Waals surface area contributed by atoms with Crippen molar-refractivity contribution < 1.29 is 23.1 Å². The second-order valence-electron chi connectivity index (χ2n) is 4.54. The lowest BCUT2D eigenvalue weighted by Gasteiger charge is -2.26. The van der Waals surface area contributed by atoms with E-state index in [1.165, 1.54) is 4.31 Å². The molecule has 0 radical (unpaired) electrons. The van der Waals surface area contributed by atoms with Gasteiger partial charge in [0.2, 0.25) is 10.0 Å². The van der Waals surface area contributed by atoms with E-state index in [4.69, 9.17) is 9.84 Å². The number of hydrogen-bond acceptors (Lipinski definition) is 4. The molecule has 0 aromatic heterocycles. The van der Waals surface area contributed by atoms with Crippen LogP contribution in [0.1, 0.15) is 19.3 Å². The van der Waals surface area contributed by atoms with Gasteiger partial charge in [-0.25, -0.2) is 12.7 Å². The zero-order valence-electron chi connectivity index (χ0n) is 9.54. The number of sulfonamides is 1. The summed E-state index contributed by atoms with van der Waals surface area (Å²) < 4.78 is 30.9. The minimum absolute atomic E-state index is 0.120. The Morgan fingerprint density at radius 1 is 1.24 bits per heavy atom. The molecule has 0 aliphatic carbocycles. The molecule has 2 aliphatic heterocycles. The van der Waals surface area contributed by atoms with Crippen molar-refractivity contribution >= 4 is 16.0 Å². The van der Waals surface area contributed by atoms with E-state index in [0.717, 1.165) is 0 Å². The highest BCUT2D eigenvalue weighted by atomic mass is 32.2. The van der Waals surface area contributed by atoms with Crippen molar-refractivity contribution in [2.75, 3.05) is 26.3 Å². The molecule has 0 amide bonds.